The van der Waals surface area contributed by atoms with Gasteiger partial charge in [-0.15, -0.1) is 0 Å². The smallest absolute Gasteiger partial charge is 0.326 e. The van der Waals surface area contributed by atoms with E-state index in [1.165, 1.54) is 18.3 Å². The van der Waals surface area contributed by atoms with Crippen LogP contribution in [0.3, 0.4) is 0 Å². The molecule has 0 spiro atoms. The summed E-state index contributed by atoms with van der Waals surface area (Å²) in [6, 6.07) is 5.55. The number of hydrogen-bond acceptors (Lipinski definition) is 5. The lowest BCUT2D eigenvalue weighted by Crippen LogP contribution is -2.41. The molecule has 2 atom stereocenters. The minimum absolute atomic E-state index is 0.0707. The molecule has 0 unspecified atom stereocenters. The molecule has 2 rings (SSSR count). The van der Waals surface area contributed by atoms with Crippen LogP contribution < -0.4 is 0 Å². The van der Waals surface area contributed by atoms with Gasteiger partial charge in [0.25, 0.3) is 5.91 Å². The van der Waals surface area contributed by atoms with Crippen LogP contribution in [0.15, 0.2) is 41.2 Å². The monoisotopic (exact) mass is 344 g/mol. The SMILES string of the molecule is O=C(N=C=C=CN1CCCC[C@H]1C(=O)O)[C@H](O)Cc1ccc(O)cc1. The molecule has 1 heterocycles. The Morgan fingerprint density at radius 1 is 1.32 bits per heavy atom. The summed E-state index contributed by atoms with van der Waals surface area (Å²) in [7, 11) is 0. The second kappa shape index (κ2) is 8.85. The van der Waals surface area contributed by atoms with Crippen molar-refractivity contribution in [3.8, 4) is 5.75 Å². The molecule has 1 saturated heterocycles. The number of amides is 1. The summed E-state index contributed by atoms with van der Waals surface area (Å²) in [5.41, 5.74) is 3.24. The Bertz CT molecular complexity index is 715. The van der Waals surface area contributed by atoms with Crippen LogP contribution in [0.5, 0.6) is 5.75 Å². The Morgan fingerprint density at radius 2 is 2.04 bits per heavy atom. The molecule has 1 fully saturated rings. The zero-order valence-corrected chi connectivity index (χ0v) is 13.6. The summed E-state index contributed by atoms with van der Waals surface area (Å²) in [6.07, 6.45) is 2.50. The van der Waals surface area contributed by atoms with E-state index in [2.05, 4.69) is 16.6 Å². The number of carboxylic acids is 1. The molecule has 1 aromatic rings. The molecule has 25 heavy (non-hydrogen) atoms. The van der Waals surface area contributed by atoms with Crippen LogP contribution in [-0.4, -0.2) is 56.7 Å². The van der Waals surface area contributed by atoms with E-state index in [0.29, 0.717) is 18.5 Å². The molecule has 1 amide bonds. The van der Waals surface area contributed by atoms with Gasteiger partial charge in [0.2, 0.25) is 0 Å². The first-order valence-corrected chi connectivity index (χ1v) is 8.00. The number of nitrogens with zero attached hydrogens (tertiary/aromatic N) is 2. The zero-order chi connectivity index (χ0) is 18.2. The van der Waals surface area contributed by atoms with Crippen molar-refractivity contribution in [1.29, 1.82) is 0 Å². The van der Waals surface area contributed by atoms with Gasteiger partial charge in [-0.25, -0.2) is 4.79 Å². The van der Waals surface area contributed by atoms with Gasteiger partial charge in [-0.3, -0.25) is 4.79 Å². The second-order valence-electron chi connectivity index (χ2n) is 5.81. The molecule has 1 aliphatic rings. The van der Waals surface area contributed by atoms with E-state index in [1.54, 1.807) is 17.0 Å². The normalized spacial score (nSPS) is 17.8. The number of carbonyl (C=O) groups excluding carboxylic acids is 1. The van der Waals surface area contributed by atoms with Crippen molar-refractivity contribution < 1.29 is 24.9 Å². The highest BCUT2D eigenvalue weighted by Crippen LogP contribution is 2.17. The van der Waals surface area contributed by atoms with Crippen molar-refractivity contribution in [3.05, 3.63) is 41.8 Å². The number of aliphatic hydroxyl groups excluding tert-OH is 1. The molecule has 0 aliphatic carbocycles. The van der Waals surface area contributed by atoms with E-state index >= 15 is 0 Å². The van der Waals surface area contributed by atoms with Gasteiger partial charge in [0, 0.05) is 18.8 Å². The quantitative estimate of drug-likeness (QED) is 0.545. The molecule has 7 nitrogen and oxygen atoms in total. The number of rotatable bonds is 5. The van der Waals surface area contributed by atoms with E-state index in [0.717, 1.165) is 12.8 Å². The van der Waals surface area contributed by atoms with Crippen LogP contribution in [0.25, 0.3) is 0 Å². The van der Waals surface area contributed by atoms with Crippen LogP contribution in [0.4, 0.5) is 0 Å². The largest absolute Gasteiger partial charge is 0.508 e. The predicted molar refractivity (Wildman–Crippen MR) is 90.3 cm³/mol. The predicted octanol–water partition coefficient (Wildman–Crippen LogP) is 1.10. The number of likely N-dealkylation sites (tertiary alicyclic amines) is 1. The average Bonchev–Trinajstić information content (AvgIpc) is 2.60. The van der Waals surface area contributed by atoms with Gasteiger partial charge in [0.05, 0.1) is 6.20 Å². The third-order valence-electron chi connectivity index (χ3n) is 3.94. The van der Waals surface area contributed by atoms with Crippen molar-refractivity contribution in [2.24, 2.45) is 4.99 Å². The molecule has 0 radical (unpaired) electrons. The molecular formula is C18H20N2O5. The third kappa shape index (κ3) is 5.62. The molecule has 1 aliphatic heterocycles. The Labute approximate surface area is 145 Å². The first-order chi connectivity index (χ1) is 12.0. The van der Waals surface area contributed by atoms with Crippen LogP contribution in [0.2, 0.25) is 0 Å². The number of aromatic hydroxyl groups is 1. The molecular weight excluding hydrogens is 324 g/mol. The van der Waals surface area contributed by atoms with Gasteiger partial charge in [0.1, 0.15) is 17.9 Å². The van der Waals surface area contributed by atoms with Crippen molar-refractivity contribution >= 4 is 17.7 Å². The fourth-order valence-corrected chi connectivity index (χ4v) is 2.59. The molecule has 7 heteroatoms. The zero-order valence-electron chi connectivity index (χ0n) is 13.6. The molecule has 1 aromatic carbocycles. The van der Waals surface area contributed by atoms with E-state index in [4.69, 9.17) is 5.11 Å². The Kier molecular flexibility index (Phi) is 6.54. The number of phenols is 1. The highest BCUT2D eigenvalue weighted by molar-refractivity contribution is 5.87. The molecule has 132 valence electrons. The van der Waals surface area contributed by atoms with E-state index < -0.39 is 24.0 Å². The fourth-order valence-electron chi connectivity index (χ4n) is 2.59. The number of carboxylic acid groups (broad SMARTS) is 1. The van der Waals surface area contributed by atoms with Crippen LogP contribution in [0.1, 0.15) is 24.8 Å². The van der Waals surface area contributed by atoms with Crippen LogP contribution in [-0.2, 0) is 16.0 Å². The molecule has 0 saturated carbocycles. The van der Waals surface area contributed by atoms with Crippen molar-refractivity contribution in [1.82, 2.24) is 4.90 Å². The average molecular weight is 344 g/mol. The number of carbonyl (C=O) groups is 2. The van der Waals surface area contributed by atoms with Crippen molar-refractivity contribution in [2.75, 3.05) is 6.54 Å². The summed E-state index contributed by atoms with van der Waals surface area (Å²) in [4.78, 5) is 28.0. The summed E-state index contributed by atoms with van der Waals surface area (Å²) in [6.45, 7) is 0.600. The third-order valence-corrected chi connectivity index (χ3v) is 3.94. The van der Waals surface area contributed by atoms with E-state index in [-0.39, 0.29) is 12.2 Å². The number of benzene rings is 1. The number of hydrogen-bond donors (Lipinski definition) is 3. The number of piperidine rings is 1. The summed E-state index contributed by atoms with van der Waals surface area (Å²) in [5.74, 6) is 0.753. The highest BCUT2D eigenvalue weighted by atomic mass is 16.4. The van der Waals surface area contributed by atoms with Gasteiger partial charge in [-0.05, 0) is 42.7 Å². The topological polar surface area (TPSA) is 110 Å². The summed E-state index contributed by atoms with van der Waals surface area (Å²) >= 11 is 0. The van der Waals surface area contributed by atoms with Gasteiger partial charge in [-0.2, -0.15) is 4.99 Å². The van der Waals surface area contributed by atoms with Crippen molar-refractivity contribution in [2.45, 2.75) is 37.8 Å². The standard InChI is InChI=1S/C18H20N2O5/c21-14-7-5-13(6-8-14)12-16(22)17(23)19-9-3-11-20-10-2-1-4-15(20)18(24)25/h5-8,11,15-16,21-22H,1-2,4,10,12H2,(H,24,25)/t15-,16+/m0/s1. The van der Waals surface area contributed by atoms with E-state index in [9.17, 15) is 19.8 Å². The molecule has 0 bridgehead atoms. The summed E-state index contributed by atoms with van der Waals surface area (Å²) < 4.78 is 0. The summed E-state index contributed by atoms with van der Waals surface area (Å²) in [5, 5.41) is 28.2. The van der Waals surface area contributed by atoms with Gasteiger partial charge in [-0.1, -0.05) is 12.1 Å². The maximum atomic E-state index is 11.7. The van der Waals surface area contributed by atoms with Crippen molar-refractivity contribution in [3.63, 3.8) is 0 Å². The minimum Gasteiger partial charge on any atom is -0.508 e. The second-order valence-corrected chi connectivity index (χ2v) is 5.81. The highest BCUT2D eigenvalue weighted by Gasteiger charge is 2.25. The van der Waals surface area contributed by atoms with Gasteiger partial charge < -0.3 is 20.2 Å². The Hall–Kier alpha value is -2.85. The number of aliphatic hydroxyl groups is 1. The first kappa shape index (κ1) is 18.5. The maximum Gasteiger partial charge on any atom is 0.326 e. The van der Waals surface area contributed by atoms with Crippen LogP contribution >= 0.6 is 0 Å². The minimum atomic E-state index is -1.32. The lowest BCUT2D eigenvalue weighted by atomic mass is 10.0. The number of aliphatic carboxylic acids is 1. The number of phenolic OH excluding ortho intramolecular Hbond substituents is 1. The molecule has 3 N–H and O–H groups in total. The Morgan fingerprint density at radius 3 is 2.72 bits per heavy atom. The fraction of sp³-hybridized carbons (Fsp3) is 0.389. The van der Waals surface area contributed by atoms with E-state index in [1.807, 2.05) is 0 Å². The molecule has 0 aromatic heterocycles. The van der Waals surface area contributed by atoms with Gasteiger partial charge in [0.15, 0.2) is 0 Å². The Balaban J connectivity index is 1.96. The van der Waals surface area contributed by atoms with Crippen LogP contribution in [0, 0.1) is 0 Å². The lowest BCUT2D eigenvalue weighted by Gasteiger charge is -2.30. The first-order valence-electron chi connectivity index (χ1n) is 8.00. The number of aliphatic imine (C=N–C) groups is 1. The maximum absolute atomic E-state index is 11.7. The van der Waals surface area contributed by atoms with Gasteiger partial charge >= 0.3 is 5.97 Å². The lowest BCUT2D eigenvalue weighted by molar-refractivity contribution is -0.143.